The van der Waals surface area contributed by atoms with E-state index in [1.165, 1.54) is 0 Å². The largest absolute Gasteiger partial charge is 0.497 e. The fourth-order valence-corrected chi connectivity index (χ4v) is 5.41. The van der Waals surface area contributed by atoms with Crippen molar-refractivity contribution in [2.75, 3.05) is 20.3 Å². The molecule has 36 heavy (non-hydrogen) atoms. The molecule has 0 saturated carbocycles. The number of nitrogens with zero attached hydrogens (tertiary/aromatic N) is 4. The van der Waals surface area contributed by atoms with Gasteiger partial charge in [0.2, 0.25) is 0 Å². The van der Waals surface area contributed by atoms with Crippen LogP contribution >= 0.6 is 22.6 Å². The van der Waals surface area contributed by atoms with Crippen molar-refractivity contribution in [2.45, 2.75) is 71.8 Å². The van der Waals surface area contributed by atoms with Crippen molar-refractivity contribution >= 4 is 49.8 Å². The van der Waals surface area contributed by atoms with Gasteiger partial charge in [0.25, 0.3) is 0 Å². The molecule has 0 saturated heterocycles. The van der Waals surface area contributed by atoms with Gasteiger partial charge in [0.15, 0.2) is 5.82 Å². The van der Waals surface area contributed by atoms with E-state index >= 15 is 0 Å². The van der Waals surface area contributed by atoms with Crippen LogP contribution in [0.4, 0.5) is 0 Å². The Labute approximate surface area is 232 Å². The molecule has 2 heterocycles. The van der Waals surface area contributed by atoms with Crippen molar-refractivity contribution in [1.82, 2.24) is 19.3 Å². The van der Waals surface area contributed by atoms with E-state index in [0.29, 0.717) is 13.5 Å². The lowest BCUT2D eigenvalue weighted by molar-refractivity contribution is 0.0785. The van der Waals surface area contributed by atoms with E-state index in [9.17, 15) is 0 Å². The highest BCUT2D eigenvalue weighted by molar-refractivity contribution is 14.1. The van der Waals surface area contributed by atoms with Gasteiger partial charge in [-0.1, -0.05) is 45.4 Å². The maximum absolute atomic E-state index is 6.11. The Bertz CT molecular complexity index is 1120. The van der Waals surface area contributed by atoms with Crippen LogP contribution in [0.25, 0.3) is 22.6 Å². The molecule has 0 aliphatic carbocycles. The Kier molecular flexibility index (Phi) is 11.9. The summed E-state index contributed by atoms with van der Waals surface area (Å²) in [6.07, 6.45) is 3.76. The highest BCUT2D eigenvalue weighted by atomic mass is 127. The molecule has 0 amide bonds. The molecule has 0 bridgehead atoms. The third-order valence-electron chi connectivity index (χ3n) is 5.32. The number of benzene rings is 1. The lowest BCUT2D eigenvalue weighted by Crippen LogP contribution is -2.22. The molecule has 0 fully saturated rings. The van der Waals surface area contributed by atoms with E-state index < -0.39 is 16.1 Å². The maximum atomic E-state index is 6.11. The van der Waals surface area contributed by atoms with Crippen LogP contribution in [0.1, 0.15) is 6.92 Å². The van der Waals surface area contributed by atoms with E-state index in [1.807, 2.05) is 36.0 Å². The minimum absolute atomic E-state index is 0.430. The average molecular weight is 643 g/mol. The van der Waals surface area contributed by atoms with Crippen molar-refractivity contribution in [3.63, 3.8) is 0 Å². The third kappa shape index (κ3) is 9.77. The standard InChI is InChI=1S/C23H37IN4O3Si2.C3H6/c1-29-18-8-9-20-21(14-18)28(17-31-11-13-33(5,6)7)23(25-20)22-19(24)15-27(26-22)16-30-10-12-32(2,3)4;1-3-2/h8-9,14-15H,10-13,16-17H2,1-7H3;3H,1H2,2H3. The summed E-state index contributed by atoms with van der Waals surface area (Å²) in [5, 5.41) is 4.81. The number of allylic oxidation sites excluding steroid dienone is 1. The number of fused-ring (bicyclic) bond motifs is 1. The molecule has 0 N–H and O–H groups in total. The molecule has 1 aromatic carbocycles. The van der Waals surface area contributed by atoms with Crippen LogP contribution in [0.5, 0.6) is 5.75 Å². The van der Waals surface area contributed by atoms with Gasteiger partial charge in [-0.25, -0.2) is 9.67 Å². The molecule has 200 valence electrons. The van der Waals surface area contributed by atoms with Crippen LogP contribution in [-0.4, -0.2) is 55.8 Å². The molecular weight excluding hydrogens is 599 g/mol. The van der Waals surface area contributed by atoms with E-state index in [0.717, 1.165) is 57.2 Å². The Morgan fingerprint density at radius 3 is 2.14 bits per heavy atom. The summed E-state index contributed by atoms with van der Waals surface area (Å²) in [7, 11) is -0.584. The van der Waals surface area contributed by atoms with E-state index in [1.54, 1.807) is 13.2 Å². The Morgan fingerprint density at radius 1 is 1.00 bits per heavy atom. The fraction of sp³-hybridized carbons (Fsp3) is 0.538. The van der Waals surface area contributed by atoms with Gasteiger partial charge in [0, 0.05) is 41.6 Å². The first kappa shape index (κ1) is 30.7. The number of rotatable bonds is 12. The molecule has 10 heteroatoms. The number of hydrogen-bond acceptors (Lipinski definition) is 5. The van der Waals surface area contributed by atoms with Gasteiger partial charge in [-0.3, -0.25) is 4.57 Å². The Balaban J connectivity index is 0.00000145. The van der Waals surface area contributed by atoms with Crippen molar-refractivity contribution in [3.05, 3.63) is 40.6 Å². The van der Waals surface area contributed by atoms with Gasteiger partial charge in [-0.05, 0) is 53.7 Å². The van der Waals surface area contributed by atoms with Crippen molar-refractivity contribution in [1.29, 1.82) is 0 Å². The topological polar surface area (TPSA) is 63.3 Å². The van der Waals surface area contributed by atoms with Crippen molar-refractivity contribution < 1.29 is 14.2 Å². The van der Waals surface area contributed by atoms with Crippen LogP contribution in [0.3, 0.4) is 0 Å². The summed E-state index contributed by atoms with van der Waals surface area (Å²) in [5.41, 5.74) is 2.72. The van der Waals surface area contributed by atoms with Crippen LogP contribution in [0.2, 0.25) is 51.4 Å². The van der Waals surface area contributed by atoms with Crippen molar-refractivity contribution in [2.24, 2.45) is 0 Å². The second kappa shape index (κ2) is 13.9. The summed E-state index contributed by atoms with van der Waals surface area (Å²) in [4.78, 5) is 4.91. The van der Waals surface area contributed by atoms with Gasteiger partial charge in [0.1, 0.15) is 24.9 Å². The lowest BCUT2D eigenvalue weighted by Gasteiger charge is -2.16. The van der Waals surface area contributed by atoms with Gasteiger partial charge >= 0.3 is 0 Å². The summed E-state index contributed by atoms with van der Waals surface area (Å²) in [6.45, 7) is 21.8. The van der Waals surface area contributed by atoms with Gasteiger partial charge in [-0.2, -0.15) is 5.10 Å². The molecule has 0 aliphatic heterocycles. The van der Waals surface area contributed by atoms with Crippen LogP contribution in [0, 0.1) is 3.57 Å². The van der Waals surface area contributed by atoms with E-state index in [-0.39, 0.29) is 0 Å². The summed E-state index contributed by atoms with van der Waals surface area (Å²) in [6, 6.07) is 8.20. The molecule has 7 nitrogen and oxygen atoms in total. The molecule has 0 radical (unpaired) electrons. The summed E-state index contributed by atoms with van der Waals surface area (Å²) >= 11 is 2.32. The van der Waals surface area contributed by atoms with Gasteiger partial charge in [-0.15, -0.1) is 6.58 Å². The van der Waals surface area contributed by atoms with Gasteiger partial charge in [0.05, 0.1) is 21.7 Å². The number of imidazole rings is 1. The minimum Gasteiger partial charge on any atom is -0.497 e. The molecule has 3 aromatic rings. The molecule has 0 spiro atoms. The normalized spacial score (nSPS) is 11.9. The molecule has 0 aliphatic rings. The van der Waals surface area contributed by atoms with Gasteiger partial charge < -0.3 is 14.2 Å². The summed E-state index contributed by atoms with van der Waals surface area (Å²) < 4.78 is 22.5. The third-order valence-corrected chi connectivity index (χ3v) is 9.52. The molecular formula is C26H43IN4O3Si2. The minimum atomic E-state index is -1.16. The fourth-order valence-electron chi connectivity index (χ4n) is 3.23. The second-order valence-electron chi connectivity index (χ2n) is 11.2. The molecule has 3 rings (SSSR count). The first-order chi connectivity index (χ1) is 16.9. The number of halogens is 1. The predicted octanol–water partition coefficient (Wildman–Crippen LogP) is 7.33. The highest BCUT2D eigenvalue weighted by Gasteiger charge is 2.20. The number of methoxy groups -OCH3 is 1. The van der Waals surface area contributed by atoms with Crippen LogP contribution in [-0.2, 0) is 22.9 Å². The molecule has 0 atom stereocenters. The average Bonchev–Trinajstić information content (AvgIpc) is 3.32. The van der Waals surface area contributed by atoms with E-state index in [4.69, 9.17) is 24.3 Å². The quantitative estimate of drug-likeness (QED) is 0.0897. The smallest absolute Gasteiger partial charge is 0.164 e. The SMILES string of the molecule is C=CC.COc1ccc2nc(-c3nn(COCC[Si](C)(C)C)cc3I)n(COCC[Si](C)(C)C)c2c1. The first-order valence-corrected chi connectivity index (χ1v) is 20.9. The van der Waals surface area contributed by atoms with Crippen LogP contribution in [0.15, 0.2) is 37.1 Å². The predicted molar refractivity (Wildman–Crippen MR) is 164 cm³/mol. The monoisotopic (exact) mass is 642 g/mol. The zero-order valence-corrected chi connectivity index (χ0v) is 27.4. The first-order valence-electron chi connectivity index (χ1n) is 12.4. The highest BCUT2D eigenvalue weighted by Crippen LogP contribution is 2.29. The van der Waals surface area contributed by atoms with Crippen molar-refractivity contribution in [3.8, 4) is 17.3 Å². The second-order valence-corrected chi connectivity index (χ2v) is 23.6. The number of ether oxygens (including phenoxy) is 3. The Morgan fingerprint density at radius 2 is 1.58 bits per heavy atom. The molecule has 0 unspecified atom stereocenters. The zero-order chi connectivity index (χ0) is 26.9. The lowest BCUT2D eigenvalue weighted by atomic mass is 10.3. The Hall–Kier alpha value is -1.48. The summed E-state index contributed by atoms with van der Waals surface area (Å²) in [5.74, 6) is 1.60. The zero-order valence-electron chi connectivity index (χ0n) is 23.2. The number of aromatic nitrogens is 4. The molecule has 2 aromatic heterocycles. The van der Waals surface area contributed by atoms with Crippen LogP contribution < -0.4 is 4.74 Å². The van der Waals surface area contributed by atoms with E-state index in [2.05, 4.69) is 73.0 Å². The maximum Gasteiger partial charge on any atom is 0.164 e. The number of hydrogen-bond donors (Lipinski definition) is 0.